The number of esters is 1. The van der Waals surface area contributed by atoms with E-state index in [1.165, 1.54) is 32.1 Å². The van der Waals surface area contributed by atoms with Gasteiger partial charge in [-0.25, -0.2) is 4.79 Å². The van der Waals surface area contributed by atoms with Crippen LogP contribution in [0.4, 0.5) is 0 Å². The minimum Gasteiger partial charge on any atom is -0.477 e. The second-order valence-electron chi connectivity index (χ2n) is 3.71. The van der Waals surface area contributed by atoms with Crippen LogP contribution in [0, 0.1) is 0 Å². The monoisotopic (exact) mass is 263 g/mol. The van der Waals surface area contributed by atoms with Crippen LogP contribution in [0.3, 0.4) is 0 Å². The number of hydrogen-bond acceptors (Lipinski definition) is 4. The van der Waals surface area contributed by atoms with E-state index in [1.807, 2.05) is 0 Å². The second-order valence-corrected chi connectivity index (χ2v) is 3.71. The molecule has 1 aromatic carbocycles. The van der Waals surface area contributed by atoms with Crippen LogP contribution in [0.2, 0.25) is 0 Å². The molecule has 0 saturated carbocycles. The van der Waals surface area contributed by atoms with Gasteiger partial charge in [0, 0.05) is 13.8 Å². The standard InChI is InChI=1S/C13H13NO5/c1-8(15)14-12(13(17)18)7-10-3-5-11(6-4-10)19-9(2)16/h3-7H,1-2H3,(H,14,15)(H,17,18). The van der Waals surface area contributed by atoms with Crippen molar-refractivity contribution in [1.29, 1.82) is 0 Å². The first-order chi connectivity index (χ1) is 8.88. The molecular weight excluding hydrogens is 250 g/mol. The van der Waals surface area contributed by atoms with Gasteiger partial charge < -0.3 is 15.2 Å². The van der Waals surface area contributed by atoms with Gasteiger partial charge in [-0.1, -0.05) is 12.1 Å². The second kappa shape index (κ2) is 6.34. The van der Waals surface area contributed by atoms with E-state index in [0.29, 0.717) is 11.3 Å². The quantitative estimate of drug-likeness (QED) is 0.483. The van der Waals surface area contributed by atoms with Crippen molar-refractivity contribution < 1.29 is 24.2 Å². The first-order valence-corrected chi connectivity index (χ1v) is 5.39. The van der Waals surface area contributed by atoms with Crippen LogP contribution in [0.15, 0.2) is 30.0 Å². The summed E-state index contributed by atoms with van der Waals surface area (Å²) in [5.41, 5.74) is 0.329. The summed E-state index contributed by atoms with van der Waals surface area (Å²) < 4.78 is 4.84. The number of carboxylic acid groups (broad SMARTS) is 1. The fraction of sp³-hybridized carbons (Fsp3) is 0.154. The summed E-state index contributed by atoms with van der Waals surface area (Å²) in [7, 11) is 0. The summed E-state index contributed by atoms with van der Waals surface area (Å²) in [5.74, 6) is -1.78. The van der Waals surface area contributed by atoms with Gasteiger partial charge >= 0.3 is 11.9 Å². The van der Waals surface area contributed by atoms with Gasteiger partial charge in [-0.15, -0.1) is 0 Å². The number of aliphatic carboxylic acids is 1. The maximum Gasteiger partial charge on any atom is 0.352 e. The third-order valence-corrected chi connectivity index (χ3v) is 1.99. The van der Waals surface area contributed by atoms with E-state index in [4.69, 9.17) is 9.84 Å². The molecule has 1 amide bonds. The number of rotatable bonds is 4. The first kappa shape index (κ1) is 14.4. The molecule has 0 saturated heterocycles. The summed E-state index contributed by atoms with van der Waals surface area (Å²) in [6.45, 7) is 2.51. The Morgan fingerprint density at radius 1 is 1.16 bits per heavy atom. The van der Waals surface area contributed by atoms with Gasteiger partial charge in [-0.05, 0) is 23.8 Å². The van der Waals surface area contributed by atoms with Crippen molar-refractivity contribution >= 4 is 23.9 Å². The Hall–Kier alpha value is -2.63. The van der Waals surface area contributed by atoms with Gasteiger partial charge in [0.2, 0.25) is 5.91 Å². The van der Waals surface area contributed by atoms with E-state index < -0.39 is 17.8 Å². The van der Waals surface area contributed by atoms with E-state index in [1.54, 1.807) is 12.1 Å². The minimum atomic E-state index is -1.24. The fourth-order valence-electron chi connectivity index (χ4n) is 1.31. The number of carbonyl (C=O) groups is 3. The third kappa shape index (κ3) is 5.03. The number of carbonyl (C=O) groups excluding carboxylic acids is 2. The van der Waals surface area contributed by atoms with E-state index in [2.05, 4.69) is 5.32 Å². The topological polar surface area (TPSA) is 92.7 Å². The Labute approximate surface area is 109 Å². The summed E-state index contributed by atoms with van der Waals surface area (Å²) in [6.07, 6.45) is 1.31. The highest BCUT2D eigenvalue weighted by Gasteiger charge is 2.08. The highest BCUT2D eigenvalue weighted by atomic mass is 16.5. The Kier molecular flexibility index (Phi) is 4.82. The fourth-order valence-corrected chi connectivity index (χ4v) is 1.31. The molecule has 100 valence electrons. The van der Waals surface area contributed by atoms with Crippen LogP contribution in [0.1, 0.15) is 19.4 Å². The zero-order valence-electron chi connectivity index (χ0n) is 10.5. The highest BCUT2D eigenvalue weighted by molar-refractivity contribution is 5.96. The lowest BCUT2D eigenvalue weighted by Gasteiger charge is -2.04. The summed E-state index contributed by atoms with van der Waals surface area (Å²) in [5, 5.41) is 11.1. The van der Waals surface area contributed by atoms with Crippen LogP contribution in [0.25, 0.3) is 6.08 Å². The molecule has 0 aliphatic carbocycles. The van der Waals surface area contributed by atoms with Gasteiger partial charge in [0.15, 0.2) is 0 Å². The van der Waals surface area contributed by atoms with Gasteiger partial charge in [0.05, 0.1) is 0 Å². The number of benzene rings is 1. The van der Waals surface area contributed by atoms with Gasteiger partial charge in [-0.2, -0.15) is 0 Å². The molecule has 0 aliphatic rings. The smallest absolute Gasteiger partial charge is 0.352 e. The molecule has 0 radical (unpaired) electrons. The van der Waals surface area contributed by atoms with Gasteiger partial charge in [0.25, 0.3) is 0 Å². The Morgan fingerprint density at radius 3 is 2.16 bits per heavy atom. The molecule has 2 N–H and O–H groups in total. The Balaban J connectivity index is 2.92. The van der Waals surface area contributed by atoms with E-state index >= 15 is 0 Å². The molecule has 0 spiro atoms. The largest absolute Gasteiger partial charge is 0.477 e. The molecule has 1 rings (SSSR count). The van der Waals surface area contributed by atoms with Crippen molar-refractivity contribution in [2.75, 3.05) is 0 Å². The minimum absolute atomic E-state index is 0.229. The lowest BCUT2D eigenvalue weighted by Crippen LogP contribution is -2.24. The zero-order chi connectivity index (χ0) is 14.4. The van der Waals surface area contributed by atoms with Crippen molar-refractivity contribution in [3.05, 3.63) is 35.5 Å². The van der Waals surface area contributed by atoms with Crippen LogP contribution < -0.4 is 10.1 Å². The molecule has 0 bridgehead atoms. The normalized spacial score (nSPS) is 10.7. The van der Waals surface area contributed by atoms with Crippen molar-refractivity contribution in [1.82, 2.24) is 5.32 Å². The number of carboxylic acids is 1. The van der Waals surface area contributed by atoms with E-state index in [-0.39, 0.29) is 5.70 Å². The molecule has 0 heterocycles. The molecule has 19 heavy (non-hydrogen) atoms. The zero-order valence-corrected chi connectivity index (χ0v) is 10.5. The number of amides is 1. The van der Waals surface area contributed by atoms with Crippen molar-refractivity contribution in [2.45, 2.75) is 13.8 Å². The maximum atomic E-state index is 10.9. The summed E-state index contributed by atoms with van der Waals surface area (Å²) in [6, 6.07) is 6.20. The Bertz CT molecular complexity index is 530. The Morgan fingerprint density at radius 2 is 1.74 bits per heavy atom. The molecule has 6 nitrogen and oxygen atoms in total. The number of hydrogen-bond donors (Lipinski definition) is 2. The van der Waals surface area contributed by atoms with Gasteiger partial charge in [0.1, 0.15) is 11.4 Å². The number of nitrogens with one attached hydrogen (secondary N) is 1. The maximum absolute atomic E-state index is 10.9. The van der Waals surface area contributed by atoms with Crippen LogP contribution in [-0.4, -0.2) is 23.0 Å². The lowest BCUT2D eigenvalue weighted by molar-refractivity contribution is -0.134. The predicted octanol–water partition coefficient (Wildman–Crippen LogP) is 1.17. The average molecular weight is 263 g/mol. The van der Waals surface area contributed by atoms with Crippen LogP contribution in [0.5, 0.6) is 5.75 Å². The molecule has 0 fully saturated rings. The predicted molar refractivity (Wildman–Crippen MR) is 67.2 cm³/mol. The molecule has 0 aliphatic heterocycles. The van der Waals surface area contributed by atoms with E-state index in [9.17, 15) is 14.4 Å². The number of ether oxygens (including phenoxy) is 1. The van der Waals surface area contributed by atoms with Crippen molar-refractivity contribution in [2.24, 2.45) is 0 Å². The van der Waals surface area contributed by atoms with Crippen LogP contribution >= 0.6 is 0 Å². The molecule has 6 heteroatoms. The SMILES string of the molecule is CC(=O)NC(=Cc1ccc(OC(C)=O)cc1)C(=O)O. The molecule has 1 aromatic rings. The molecule has 0 unspecified atom stereocenters. The molecular formula is C13H13NO5. The first-order valence-electron chi connectivity index (χ1n) is 5.39. The lowest BCUT2D eigenvalue weighted by atomic mass is 10.2. The van der Waals surface area contributed by atoms with Crippen molar-refractivity contribution in [3.8, 4) is 5.75 Å². The van der Waals surface area contributed by atoms with Crippen molar-refractivity contribution in [3.63, 3.8) is 0 Å². The molecule has 0 aromatic heterocycles. The summed E-state index contributed by atoms with van der Waals surface area (Å²) >= 11 is 0. The van der Waals surface area contributed by atoms with Crippen LogP contribution in [-0.2, 0) is 14.4 Å². The van der Waals surface area contributed by atoms with Gasteiger partial charge in [-0.3, -0.25) is 9.59 Å². The third-order valence-electron chi connectivity index (χ3n) is 1.99. The van der Waals surface area contributed by atoms with E-state index in [0.717, 1.165) is 0 Å². The molecule has 0 atom stereocenters. The highest BCUT2D eigenvalue weighted by Crippen LogP contribution is 2.14. The summed E-state index contributed by atoms with van der Waals surface area (Å²) in [4.78, 5) is 32.5. The average Bonchev–Trinajstić information content (AvgIpc) is 2.29.